The summed E-state index contributed by atoms with van der Waals surface area (Å²) in [4.78, 5) is 3.47. The Labute approximate surface area is 91.6 Å². The number of rotatable bonds is 2. The fourth-order valence-electron chi connectivity index (χ4n) is 0.766. The van der Waals surface area contributed by atoms with Crippen molar-refractivity contribution in [2.24, 2.45) is 5.73 Å². The maximum absolute atomic E-state index is 11.8. The molecule has 0 spiro atoms. The molecule has 78 valence electrons. The van der Waals surface area contributed by atoms with Gasteiger partial charge in [-0.1, -0.05) is 0 Å². The first-order valence-corrected chi connectivity index (χ1v) is 4.60. The zero-order chi connectivity index (χ0) is 10.8. The number of alkyl halides is 3. The summed E-state index contributed by atoms with van der Waals surface area (Å²) in [6.07, 6.45) is -3.44. The molecule has 1 rings (SSSR count). The third kappa shape index (κ3) is 3.29. The highest BCUT2D eigenvalue weighted by Gasteiger charge is 2.31. The van der Waals surface area contributed by atoms with Crippen molar-refractivity contribution in [2.45, 2.75) is 12.9 Å². The molecule has 0 saturated heterocycles. The van der Waals surface area contributed by atoms with E-state index in [9.17, 15) is 13.2 Å². The van der Waals surface area contributed by atoms with E-state index in [4.69, 9.17) is 5.73 Å². The van der Waals surface area contributed by atoms with Crippen LogP contribution in [-0.2, 0) is 6.54 Å². The molecule has 1 aromatic rings. The predicted octanol–water partition coefficient (Wildman–Crippen LogP) is 2.04. The average Bonchev–Trinajstić information content (AvgIpc) is 2.01. The Morgan fingerprint density at radius 2 is 2.14 bits per heavy atom. The van der Waals surface area contributed by atoms with E-state index in [1.807, 2.05) is 22.6 Å². The molecule has 0 bridgehead atoms. The van der Waals surface area contributed by atoms with Gasteiger partial charge in [0.05, 0.1) is 0 Å². The summed E-state index contributed by atoms with van der Waals surface area (Å²) in [5.74, 6) is -0.473. The summed E-state index contributed by atoms with van der Waals surface area (Å²) in [7, 11) is 0. The third-order valence-corrected chi connectivity index (χ3v) is 2.35. The number of nitrogens with zero attached hydrogens (tertiary/aromatic N) is 1. The van der Waals surface area contributed by atoms with Crippen molar-refractivity contribution in [3.63, 3.8) is 0 Å². The van der Waals surface area contributed by atoms with Crippen LogP contribution in [-0.4, -0.2) is 11.3 Å². The molecular formula is C7H6F3IN2O. The zero-order valence-corrected chi connectivity index (χ0v) is 8.96. The summed E-state index contributed by atoms with van der Waals surface area (Å²) in [6.45, 7) is 0.234. The molecule has 0 saturated carbocycles. The van der Waals surface area contributed by atoms with Crippen LogP contribution >= 0.6 is 22.6 Å². The second-order valence-corrected chi connectivity index (χ2v) is 3.53. The smallest absolute Gasteiger partial charge is 0.388 e. The van der Waals surface area contributed by atoms with Gasteiger partial charge < -0.3 is 10.5 Å². The topological polar surface area (TPSA) is 48.1 Å². The fourth-order valence-corrected chi connectivity index (χ4v) is 1.39. The average molecular weight is 318 g/mol. The standard InChI is InChI=1S/C7H6F3IN2O/c8-7(9,10)14-6-1-5(11)4(2-12)3-13-6/h1,3H,2,12H2. The van der Waals surface area contributed by atoms with Crippen molar-refractivity contribution in [1.29, 1.82) is 0 Å². The first kappa shape index (κ1) is 11.5. The summed E-state index contributed by atoms with van der Waals surface area (Å²) < 4.78 is 39.5. The van der Waals surface area contributed by atoms with Crippen LogP contribution in [0.3, 0.4) is 0 Å². The van der Waals surface area contributed by atoms with Crippen LogP contribution in [0.4, 0.5) is 13.2 Å². The molecule has 2 N–H and O–H groups in total. The molecule has 0 aliphatic rings. The van der Waals surface area contributed by atoms with Crippen LogP contribution in [0.2, 0.25) is 0 Å². The molecule has 0 unspecified atom stereocenters. The second-order valence-electron chi connectivity index (χ2n) is 2.37. The van der Waals surface area contributed by atoms with Gasteiger partial charge in [-0.3, -0.25) is 0 Å². The van der Waals surface area contributed by atoms with E-state index in [0.29, 0.717) is 9.13 Å². The summed E-state index contributed by atoms with van der Waals surface area (Å²) in [6, 6.07) is 1.19. The van der Waals surface area contributed by atoms with Gasteiger partial charge >= 0.3 is 6.36 Å². The van der Waals surface area contributed by atoms with Crippen molar-refractivity contribution in [1.82, 2.24) is 4.98 Å². The molecule has 1 heterocycles. The minimum absolute atomic E-state index is 0.234. The molecular weight excluding hydrogens is 312 g/mol. The molecule has 0 fully saturated rings. The van der Waals surface area contributed by atoms with Crippen molar-refractivity contribution < 1.29 is 17.9 Å². The lowest BCUT2D eigenvalue weighted by atomic mass is 10.3. The Kier molecular flexibility index (Phi) is 3.53. The van der Waals surface area contributed by atoms with Crippen LogP contribution in [0.15, 0.2) is 12.3 Å². The van der Waals surface area contributed by atoms with Gasteiger partial charge in [-0.2, -0.15) is 0 Å². The molecule has 7 heteroatoms. The number of aromatic nitrogens is 1. The van der Waals surface area contributed by atoms with Crippen molar-refractivity contribution in [3.8, 4) is 5.88 Å². The highest BCUT2D eigenvalue weighted by molar-refractivity contribution is 14.1. The van der Waals surface area contributed by atoms with Crippen molar-refractivity contribution in [2.75, 3.05) is 0 Å². The number of nitrogens with two attached hydrogens (primary N) is 1. The quantitative estimate of drug-likeness (QED) is 0.849. The lowest BCUT2D eigenvalue weighted by molar-refractivity contribution is -0.276. The van der Waals surface area contributed by atoms with Gasteiger partial charge in [0.15, 0.2) is 0 Å². The van der Waals surface area contributed by atoms with Crippen LogP contribution in [0.25, 0.3) is 0 Å². The minimum Gasteiger partial charge on any atom is -0.388 e. The van der Waals surface area contributed by atoms with Gasteiger partial charge in [-0.05, 0) is 28.2 Å². The summed E-state index contributed by atoms with van der Waals surface area (Å²) in [5, 5.41) is 0. The molecule has 0 aliphatic carbocycles. The minimum atomic E-state index is -4.71. The van der Waals surface area contributed by atoms with Gasteiger partial charge in [0.2, 0.25) is 5.88 Å². The van der Waals surface area contributed by atoms with Crippen molar-refractivity contribution in [3.05, 3.63) is 21.4 Å². The van der Waals surface area contributed by atoms with E-state index >= 15 is 0 Å². The monoisotopic (exact) mass is 318 g/mol. The highest BCUT2D eigenvalue weighted by Crippen LogP contribution is 2.23. The largest absolute Gasteiger partial charge is 0.574 e. The lowest BCUT2D eigenvalue weighted by Crippen LogP contribution is -2.18. The fraction of sp³-hybridized carbons (Fsp3) is 0.286. The van der Waals surface area contributed by atoms with Gasteiger partial charge in [-0.15, -0.1) is 13.2 Å². The number of hydrogen-bond donors (Lipinski definition) is 1. The first-order chi connectivity index (χ1) is 6.42. The van der Waals surface area contributed by atoms with Crippen LogP contribution < -0.4 is 10.5 Å². The van der Waals surface area contributed by atoms with E-state index in [1.54, 1.807) is 0 Å². The third-order valence-electron chi connectivity index (χ3n) is 1.34. The zero-order valence-electron chi connectivity index (χ0n) is 6.81. The van der Waals surface area contributed by atoms with E-state index in [2.05, 4.69) is 9.72 Å². The normalized spacial score (nSPS) is 11.5. The Bertz CT molecular complexity index is 329. The summed E-state index contributed by atoms with van der Waals surface area (Å²) >= 11 is 1.87. The van der Waals surface area contributed by atoms with E-state index in [0.717, 1.165) is 0 Å². The first-order valence-electron chi connectivity index (χ1n) is 3.52. The van der Waals surface area contributed by atoms with Crippen LogP contribution in [0.1, 0.15) is 5.56 Å². The molecule has 0 aromatic carbocycles. The SMILES string of the molecule is NCc1cnc(OC(F)(F)F)cc1I. The Balaban J connectivity index is 2.87. The predicted molar refractivity (Wildman–Crippen MR) is 51.5 cm³/mol. The number of halogens is 4. The second kappa shape index (κ2) is 4.30. The maximum Gasteiger partial charge on any atom is 0.574 e. The Morgan fingerprint density at radius 1 is 1.50 bits per heavy atom. The van der Waals surface area contributed by atoms with Gasteiger partial charge in [0.1, 0.15) is 0 Å². The summed E-state index contributed by atoms with van der Waals surface area (Å²) in [5.41, 5.74) is 6.00. The molecule has 0 radical (unpaired) electrons. The highest BCUT2D eigenvalue weighted by atomic mass is 127. The van der Waals surface area contributed by atoms with Crippen LogP contribution in [0.5, 0.6) is 5.88 Å². The van der Waals surface area contributed by atoms with E-state index in [-0.39, 0.29) is 6.54 Å². The molecule has 3 nitrogen and oxygen atoms in total. The Morgan fingerprint density at radius 3 is 2.57 bits per heavy atom. The molecule has 0 atom stereocenters. The number of pyridine rings is 1. The molecule has 0 aliphatic heterocycles. The van der Waals surface area contributed by atoms with Crippen LogP contribution in [0, 0.1) is 3.57 Å². The lowest BCUT2D eigenvalue weighted by Gasteiger charge is -2.08. The van der Waals surface area contributed by atoms with Crippen molar-refractivity contribution >= 4 is 22.6 Å². The molecule has 0 amide bonds. The Hall–Kier alpha value is -0.570. The van der Waals surface area contributed by atoms with Gasteiger partial charge in [-0.25, -0.2) is 4.98 Å². The maximum atomic E-state index is 11.8. The van der Waals surface area contributed by atoms with E-state index < -0.39 is 12.2 Å². The number of ether oxygens (including phenoxy) is 1. The van der Waals surface area contributed by atoms with Gasteiger partial charge in [0.25, 0.3) is 0 Å². The van der Waals surface area contributed by atoms with E-state index in [1.165, 1.54) is 12.3 Å². The van der Waals surface area contributed by atoms with Gasteiger partial charge in [0, 0.05) is 22.4 Å². The molecule has 14 heavy (non-hydrogen) atoms. The molecule has 1 aromatic heterocycles. The number of hydrogen-bond acceptors (Lipinski definition) is 3.